The van der Waals surface area contributed by atoms with Gasteiger partial charge in [-0.2, -0.15) is 0 Å². The number of anilines is 2. The van der Waals surface area contributed by atoms with Crippen molar-refractivity contribution < 1.29 is 13.9 Å². The lowest BCUT2D eigenvalue weighted by Gasteiger charge is -2.07. The molecule has 0 unspecified atom stereocenters. The number of benzene rings is 2. The summed E-state index contributed by atoms with van der Waals surface area (Å²) in [5, 5.41) is 2.59. The van der Waals surface area contributed by atoms with Crippen LogP contribution in [0.2, 0.25) is 0 Å². The smallest absolute Gasteiger partial charge is 0.255 e. The second-order valence-corrected chi connectivity index (χ2v) is 4.18. The summed E-state index contributed by atoms with van der Waals surface area (Å²) in [4.78, 5) is 12.0. The Morgan fingerprint density at radius 1 is 1.25 bits per heavy atom. The molecule has 0 spiro atoms. The van der Waals surface area contributed by atoms with Crippen molar-refractivity contribution in [3.63, 3.8) is 0 Å². The highest BCUT2D eigenvalue weighted by atomic mass is 19.1. The lowest BCUT2D eigenvalue weighted by Crippen LogP contribution is -2.12. The Kier molecular flexibility index (Phi) is 4.20. The number of nitrogens with one attached hydrogen (secondary N) is 1. The van der Waals surface area contributed by atoms with Crippen LogP contribution < -0.4 is 15.8 Å². The highest BCUT2D eigenvalue weighted by Gasteiger charge is 2.07. The van der Waals surface area contributed by atoms with Crippen LogP contribution in [0.3, 0.4) is 0 Å². The first kappa shape index (κ1) is 13.9. The molecule has 0 aromatic heterocycles. The van der Waals surface area contributed by atoms with E-state index in [1.165, 1.54) is 18.2 Å². The number of nitrogens with two attached hydrogens (primary N) is 1. The molecule has 0 heterocycles. The summed E-state index contributed by atoms with van der Waals surface area (Å²) >= 11 is 0. The number of amides is 1. The van der Waals surface area contributed by atoms with Gasteiger partial charge in [-0.25, -0.2) is 4.39 Å². The van der Waals surface area contributed by atoms with E-state index in [-0.39, 0.29) is 11.6 Å². The summed E-state index contributed by atoms with van der Waals surface area (Å²) in [6, 6.07) is 10.6. The first-order valence-corrected chi connectivity index (χ1v) is 6.19. The molecule has 0 atom stereocenters. The van der Waals surface area contributed by atoms with Crippen LogP contribution >= 0.6 is 0 Å². The molecule has 0 aliphatic rings. The molecule has 0 aliphatic carbocycles. The molecule has 20 heavy (non-hydrogen) atoms. The molecule has 0 saturated heterocycles. The van der Waals surface area contributed by atoms with Gasteiger partial charge in [0.25, 0.3) is 5.91 Å². The fourth-order valence-electron chi connectivity index (χ4n) is 1.76. The number of hydrogen-bond donors (Lipinski definition) is 2. The topological polar surface area (TPSA) is 64.3 Å². The Balaban J connectivity index is 2.11. The standard InChI is InChI=1S/C15H15FN2O2/c1-2-20-14-5-3-10(4-6-14)15(19)18-13-8-11(16)7-12(17)9-13/h3-9H,2,17H2,1H3,(H,18,19). The number of hydrogen-bond acceptors (Lipinski definition) is 3. The zero-order chi connectivity index (χ0) is 14.5. The second kappa shape index (κ2) is 6.06. The molecule has 1 amide bonds. The second-order valence-electron chi connectivity index (χ2n) is 4.18. The molecule has 104 valence electrons. The van der Waals surface area contributed by atoms with Gasteiger partial charge >= 0.3 is 0 Å². The minimum absolute atomic E-state index is 0.256. The van der Waals surface area contributed by atoms with Gasteiger partial charge in [-0.05, 0) is 49.4 Å². The number of halogens is 1. The molecule has 2 rings (SSSR count). The fraction of sp³-hybridized carbons (Fsp3) is 0.133. The van der Waals surface area contributed by atoms with Crippen LogP contribution in [0, 0.1) is 5.82 Å². The molecule has 5 heteroatoms. The molecular weight excluding hydrogens is 259 g/mol. The molecule has 4 nitrogen and oxygen atoms in total. The summed E-state index contributed by atoms with van der Waals surface area (Å²) in [7, 11) is 0. The van der Waals surface area contributed by atoms with Crippen molar-refractivity contribution in [1.29, 1.82) is 0 Å². The number of ether oxygens (including phenoxy) is 1. The van der Waals surface area contributed by atoms with Crippen molar-refractivity contribution in [1.82, 2.24) is 0 Å². The number of carbonyl (C=O) groups excluding carboxylic acids is 1. The Morgan fingerprint density at radius 2 is 1.95 bits per heavy atom. The summed E-state index contributed by atoms with van der Waals surface area (Å²) < 4.78 is 18.5. The third-order valence-corrected chi connectivity index (χ3v) is 2.61. The average molecular weight is 274 g/mol. The quantitative estimate of drug-likeness (QED) is 0.842. The monoisotopic (exact) mass is 274 g/mol. The minimum Gasteiger partial charge on any atom is -0.494 e. The molecule has 0 saturated carbocycles. The lowest BCUT2D eigenvalue weighted by atomic mass is 10.2. The predicted molar refractivity (Wildman–Crippen MR) is 76.4 cm³/mol. The van der Waals surface area contributed by atoms with Gasteiger partial charge in [0.15, 0.2) is 0 Å². The highest BCUT2D eigenvalue weighted by molar-refractivity contribution is 6.04. The normalized spacial score (nSPS) is 10.1. The van der Waals surface area contributed by atoms with E-state index in [2.05, 4.69) is 5.32 Å². The van der Waals surface area contributed by atoms with E-state index in [1.807, 2.05) is 6.92 Å². The van der Waals surface area contributed by atoms with Gasteiger partial charge < -0.3 is 15.8 Å². The maximum atomic E-state index is 13.2. The van der Waals surface area contributed by atoms with Gasteiger partial charge in [-0.3, -0.25) is 4.79 Å². The first-order chi connectivity index (χ1) is 9.58. The van der Waals surface area contributed by atoms with Crippen LogP contribution in [-0.2, 0) is 0 Å². The SMILES string of the molecule is CCOc1ccc(C(=O)Nc2cc(N)cc(F)c2)cc1. The van der Waals surface area contributed by atoms with Crippen LogP contribution in [0.1, 0.15) is 17.3 Å². The third kappa shape index (κ3) is 3.47. The number of carbonyl (C=O) groups is 1. The van der Waals surface area contributed by atoms with E-state index in [0.29, 0.717) is 23.6 Å². The number of nitrogen functional groups attached to an aromatic ring is 1. The van der Waals surface area contributed by atoms with Crippen molar-refractivity contribution in [2.24, 2.45) is 0 Å². The summed E-state index contributed by atoms with van der Waals surface area (Å²) in [6.07, 6.45) is 0. The zero-order valence-corrected chi connectivity index (χ0v) is 11.0. The lowest BCUT2D eigenvalue weighted by molar-refractivity contribution is 0.102. The van der Waals surface area contributed by atoms with E-state index >= 15 is 0 Å². The molecule has 0 aliphatic heterocycles. The van der Waals surface area contributed by atoms with Gasteiger partial charge in [-0.15, -0.1) is 0 Å². The van der Waals surface area contributed by atoms with Crippen LogP contribution in [0.4, 0.5) is 15.8 Å². The minimum atomic E-state index is -0.494. The molecule has 3 N–H and O–H groups in total. The van der Waals surface area contributed by atoms with E-state index in [4.69, 9.17) is 10.5 Å². The van der Waals surface area contributed by atoms with Crippen molar-refractivity contribution in [3.05, 3.63) is 53.8 Å². The highest BCUT2D eigenvalue weighted by Crippen LogP contribution is 2.17. The van der Waals surface area contributed by atoms with Crippen molar-refractivity contribution in [2.75, 3.05) is 17.7 Å². The van der Waals surface area contributed by atoms with E-state index in [9.17, 15) is 9.18 Å². The fourth-order valence-corrected chi connectivity index (χ4v) is 1.76. The maximum absolute atomic E-state index is 13.2. The Labute approximate surface area is 116 Å². The van der Waals surface area contributed by atoms with Gasteiger partial charge in [-0.1, -0.05) is 0 Å². The van der Waals surface area contributed by atoms with Crippen molar-refractivity contribution in [3.8, 4) is 5.75 Å². The molecular formula is C15H15FN2O2. The first-order valence-electron chi connectivity index (χ1n) is 6.19. The number of rotatable bonds is 4. The van der Waals surface area contributed by atoms with Gasteiger partial charge in [0.2, 0.25) is 0 Å². The molecule has 0 fully saturated rings. The van der Waals surface area contributed by atoms with E-state index in [1.54, 1.807) is 24.3 Å². The van der Waals surface area contributed by atoms with Gasteiger partial charge in [0.1, 0.15) is 11.6 Å². The van der Waals surface area contributed by atoms with Crippen LogP contribution in [-0.4, -0.2) is 12.5 Å². The Morgan fingerprint density at radius 3 is 2.55 bits per heavy atom. The average Bonchev–Trinajstić information content (AvgIpc) is 2.38. The zero-order valence-electron chi connectivity index (χ0n) is 11.0. The van der Waals surface area contributed by atoms with Gasteiger partial charge in [0.05, 0.1) is 6.61 Å². The summed E-state index contributed by atoms with van der Waals surface area (Å²) in [5.74, 6) is -0.135. The predicted octanol–water partition coefficient (Wildman–Crippen LogP) is 3.06. The molecule has 2 aromatic rings. The molecule has 0 bridgehead atoms. The van der Waals surface area contributed by atoms with E-state index in [0.717, 1.165) is 0 Å². The third-order valence-electron chi connectivity index (χ3n) is 2.61. The molecule has 2 aromatic carbocycles. The van der Waals surface area contributed by atoms with Crippen LogP contribution in [0.25, 0.3) is 0 Å². The maximum Gasteiger partial charge on any atom is 0.255 e. The van der Waals surface area contributed by atoms with Crippen LogP contribution in [0.5, 0.6) is 5.75 Å². The molecule has 0 radical (unpaired) electrons. The van der Waals surface area contributed by atoms with E-state index < -0.39 is 5.82 Å². The largest absolute Gasteiger partial charge is 0.494 e. The van der Waals surface area contributed by atoms with Crippen molar-refractivity contribution >= 4 is 17.3 Å². The summed E-state index contributed by atoms with van der Waals surface area (Å²) in [5.41, 5.74) is 6.55. The Hall–Kier alpha value is -2.56. The van der Waals surface area contributed by atoms with Crippen molar-refractivity contribution in [2.45, 2.75) is 6.92 Å². The summed E-state index contributed by atoms with van der Waals surface area (Å²) in [6.45, 7) is 2.45. The van der Waals surface area contributed by atoms with Gasteiger partial charge in [0, 0.05) is 16.9 Å². The Bertz CT molecular complexity index is 592. The van der Waals surface area contributed by atoms with Crippen LogP contribution in [0.15, 0.2) is 42.5 Å².